The number of nitrogens with one attached hydrogen (secondary N) is 1. The number of para-hydroxylation sites is 1. The molecule has 0 atom stereocenters. The van der Waals surface area contributed by atoms with E-state index in [0.717, 1.165) is 16.9 Å². The predicted molar refractivity (Wildman–Crippen MR) is 85.1 cm³/mol. The molecule has 0 fully saturated rings. The van der Waals surface area contributed by atoms with Crippen molar-refractivity contribution in [1.29, 1.82) is 0 Å². The molecule has 0 aliphatic heterocycles. The van der Waals surface area contributed by atoms with Gasteiger partial charge in [0, 0.05) is 18.2 Å². The molecule has 0 radical (unpaired) electrons. The molecule has 0 spiro atoms. The van der Waals surface area contributed by atoms with Crippen molar-refractivity contribution in [3.8, 4) is 5.75 Å². The lowest BCUT2D eigenvalue weighted by atomic mass is 10.1. The van der Waals surface area contributed by atoms with E-state index in [1.54, 1.807) is 13.2 Å². The van der Waals surface area contributed by atoms with Crippen LogP contribution in [0.3, 0.4) is 0 Å². The number of ether oxygens (including phenoxy) is 1. The maximum absolute atomic E-state index is 11.8. The Hall–Kier alpha value is -2.55. The van der Waals surface area contributed by atoms with Gasteiger partial charge >= 0.3 is 0 Å². The maximum Gasteiger partial charge on any atom is 0.244 e. The second kappa shape index (κ2) is 7.29. The van der Waals surface area contributed by atoms with Crippen LogP contribution < -0.4 is 10.1 Å². The van der Waals surface area contributed by atoms with Gasteiger partial charge in [-0.15, -0.1) is 0 Å². The summed E-state index contributed by atoms with van der Waals surface area (Å²) in [6.45, 7) is 2.56. The molecule has 0 bridgehead atoms. The molecule has 0 saturated carbocycles. The van der Waals surface area contributed by atoms with Crippen LogP contribution in [0, 0.1) is 6.92 Å². The van der Waals surface area contributed by atoms with Gasteiger partial charge in [-0.3, -0.25) is 4.79 Å². The Bertz CT molecular complexity index is 630. The first-order valence-electron chi connectivity index (χ1n) is 6.83. The van der Waals surface area contributed by atoms with Crippen molar-refractivity contribution >= 4 is 12.0 Å². The predicted octanol–water partition coefficient (Wildman–Crippen LogP) is 3.33. The molecule has 21 heavy (non-hydrogen) atoms. The van der Waals surface area contributed by atoms with Gasteiger partial charge in [0.2, 0.25) is 5.91 Å². The topological polar surface area (TPSA) is 38.3 Å². The van der Waals surface area contributed by atoms with Gasteiger partial charge in [-0.25, -0.2) is 0 Å². The van der Waals surface area contributed by atoms with E-state index in [4.69, 9.17) is 4.74 Å². The summed E-state index contributed by atoms with van der Waals surface area (Å²) in [6, 6.07) is 15.7. The molecule has 0 aliphatic carbocycles. The van der Waals surface area contributed by atoms with Gasteiger partial charge in [-0.1, -0.05) is 48.0 Å². The van der Waals surface area contributed by atoms with E-state index < -0.39 is 0 Å². The minimum Gasteiger partial charge on any atom is -0.496 e. The largest absolute Gasteiger partial charge is 0.496 e. The summed E-state index contributed by atoms with van der Waals surface area (Å²) in [6.07, 6.45) is 3.27. The number of carbonyl (C=O) groups is 1. The summed E-state index contributed by atoms with van der Waals surface area (Å²) in [7, 11) is 1.62. The lowest BCUT2D eigenvalue weighted by molar-refractivity contribution is -0.116. The molecule has 0 heterocycles. The summed E-state index contributed by atoms with van der Waals surface area (Å²) >= 11 is 0. The van der Waals surface area contributed by atoms with Gasteiger partial charge in [0.25, 0.3) is 0 Å². The maximum atomic E-state index is 11.8. The van der Waals surface area contributed by atoms with Crippen molar-refractivity contribution in [1.82, 2.24) is 5.32 Å². The van der Waals surface area contributed by atoms with Crippen LogP contribution in [0.5, 0.6) is 5.75 Å². The van der Waals surface area contributed by atoms with Crippen molar-refractivity contribution in [2.24, 2.45) is 0 Å². The second-order valence-corrected chi connectivity index (χ2v) is 4.78. The standard InChI is InChI=1S/C18H19NO2/c1-14-7-9-15(10-8-14)13-19-18(20)12-11-16-5-3-4-6-17(16)21-2/h3-12H,13H2,1-2H3,(H,19,20). The minimum absolute atomic E-state index is 0.124. The van der Waals surface area contributed by atoms with Crippen LogP contribution in [-0.4, -0.2) is 13.0 Å². The fourth-order valence-corrected chi connectivity index (χ4v) is 1.92. The number of rotatable bonds is 5. The van der Waals surface area contributed by atoms with Crippen LogP contribution in [0.25, 0.3) is 6.08 Å². The molecule has 0 unspecified atom stereocenters. The van der Waals surface area contributed by atoms with Crippen molar-refractivity contribution in [2.45, 2.75) is 13.5 Å². The van der Waals surface area contributed by atoms with Crippen molar-refractivity contribution in [2.75, 3.05) is 7.11 Å². The minimum atomic E-state index is -0.124. The number of benzene rings is 2. The first-order valence-corrected chi connectivity index (χ1v) is 6.83. The third kappa shape index (κ3) is 4.49. The highest BCUT2D eigenvalue weighted by atomic mass is 16.5. The molecule has 0 aromatic heterocycles. The highest BCUT2D eigenvalue weighted by Gasteiger charge is 2.00. The molecule has 2 aromatic carbocycles. The van der Waals surface area contributed by atoms with E-state index in [1.165, 1.54) is 11.6 Å². The molecule has 2 aromatic rings. The van der Waals surface area contributed by atoms with Crippen LogP contribution in [0.15, 0.2) is 54.6 Å². The average Bonchev–Trinajstić information content (AvgIpc) is 2.52. The Labute approximate surface area is 125 Å². The zero-order valence-electron chi connectivity index (χ0n) is 12.3. The Morgan fingerprint density at radius 1 is 1.14 bits per heavy atom. The second-order valence-electron chi connectivity index (χ2n) is 4.78. The van der Waals surface area contributed by atoms with Crippen LogP contribution in [0.1, 0.15) is 16.7 Å². The Kier molecular flexibility index (Phi) is 5.16. The number of carbonyl (C=O) groups excluding carboxylic acids is 1. The molecule has 3 heteroatoms. The van der Waals surface area contributed by atoms with Crippen molar-refractivity contribution in [3.63, 3.8) is 0 Å². The van der Waals surface area contributed by atoms with Crippen LogP contribution in [0.2, 0.25) is 0 Å². The molecular weight excluding hydrogens is 262 g/mol. The lowest BCUT2D eigenvalue weighted by Crippen LogP contribution is -2.20. The van der Waals surface area contributed by atoms with E-state index in [0.29, 0.717) is 6.54 Å². The smallest absolute Gasteiger partial charge is 0.244 e. The summed E-state index contributed by atoms with van der Waals surface area (Å²) in [5, 5.41) is 2.86. The molecule has 108 valence electrons. The first kappa shape index (κ1) is 14.9. The fraction of sp³-hybridized carbons (Fsp3) is 0.167. The molecule has 0 saturated heterocycles. The normalized spacial score (nSPS) is 10.6. The average molecular weight is 281 g/mol. The fourth-order valence-electron chi connectivity index (χ4n) is 1.92. The van der Waals surface area contributed by atoms with Crippen molar-refractivity contribution in [3.05, 3.63) is 71.3 Å². The number of hydrogen-bond acceptors (Lipinski definition) is 2. The quantitative estimate of drug-likeness (QED) is 0.854. The molecule has 3 nitrogen and oxygen atoms in total. The highest BCUT2D eigenvalue weighted by molar-refractivity contribution is 5.92. The third-order valence-electron chi connectivity index (χ3n) is 3.14. The Balaban J connectivity index is 1.92. The summed E-state index contributed by atoms with van der Waals surface area (Å²) in [4.78, 5) is 11.8. The van der Waals surface area contributed by atoms with Crippen LogP contribution in [-0.2, 0) is 11.3 Å². The van der Waals surface area contributed by atoms with Gasteiger partial charge in [0.1, 0.15) is 5.75 Å². The van der Waals surface area contributed by atoms with Gasteiger partial charge in [0.15, 0.2) is 0 Å². The van der Waals surface area contributed by atoms with Crippen molar-refractivity contribution < 1.29 is 9.53 Å². The van der Waals surface area contributed by atoms with Gasteiger partial charge in [0.05, 0.1) is 7.11 Å². The van der Waals surface area contributed by atoms with E-state index in [9.17, 15) is 4.79 Å². The van der Waals surface area contributed by atoms with E-state index >= 15 is 0 Å². The number of hydrogen-bond donors (Lipinski definition) is 1. The zero-order chi connectivity index (χ0) is 15.1. The molecule has 1 N–H and O–H groups in total. The number of methoxy groups -OCH3 is 1. The van der Waals surface area contributed by atoms with Gasteiger partial charge in [-0.05, 0) is 24.6 Å². The van der Waals surface area contributed by atoms with E-state index in [2.05, 4.69) is 5.32 Å². The Morgan fingerprint density at radius 3 is 2.57 bits per heavy atom. The van der Waals surface area contributed by atoms with E-state index in [-0.39, 0.29) is 5.91 Å². The summed E-state index contributed by atoms with van der Waals surface area (Å²) < 4.78 is 5.24. The Morgan fingerprint density at radius 2 is 1.86 bits per heavy atom. The van der Waals surface area contributed by atoms with Crippen LogP contribution in [0.4, 0.5) is 0 Å². The third-order valence-corrected chi connectivity index (χ3v) is 3.14. The number of aryl methyl sites for hydroxylation is 1. The SMILES string of the molecule is COc1ccccc1C=CC(=O)NCc1ccc(C)cc1. The molecule has 0 aliphatic rings. The zero-order valence-corrected chi connectivity index (χ0v) is 12.3. The van der Waals surface area contributed by atoms with Crippen LogP contribution >= 0.6 is 0 Å². The number of amides is 1. The monoisotopic (exact) mass is 281 g/mol. The summed E-state index contributed by atoms with van der Waals surface area (Å²) in [5.41, 5.74) is 3.17. The highest BCUT2D eigenvalue weighted by Crippen LogP contribution is 2.18. The summed E-state index contributed by atoms with van der Waals surface area (Å²) in [5.74, 6) is 0.626. The molecule has 2 rings (SSSR count). The van der Waals surface area contributed by atoms with Gasteiger partial charge in [-0.2, -0.15) is 0 Å². The molecular formula is C18H19NO2. The first-order chi connectivity index (χ1) is 10.2. The lowest BCUT2D eigenvalue weighted by Gasteiger charge is -2.04. The van der Waals surface area contributed by atoms with Gasteiger partial charge < -0.3 is 10.1 Å². The molecule has 1 amide bonds. The van der Waals surface area contributed by atoms with E-state index in [1.807, 2.05) is 55.5 Å².